The van der Waals surface area contributed by atoms with Gasteiger partial charge in [-0.25, -0.2) is 4.79 Å². The molecule has 0 bridgehead atoms. The number of ether oxygens (including phenoxy) is 2. The fraction of sp³-hybridized carbons (Fsp3) is 0.583. The van der Waals surface area contributed by atoms with E-state index in [1.165, 1.54) is 67.8 Å². The third-order valence-corrected chi connectivity index (χ3v) is 10.3. The highest BCUT2D eigenvalue weighted by Gasteiger charge is 2.21. The number of esters is 2. The number of methoxy groups -OCH3 is 2. The number of aliphatic carboxylic acids is 1. The van der Waals surface area contributed by atoms with Gasteiger partial charge in [0, 0.05) is 24.1 Å². The average Bonchev–Trinajstić information content (AvgIpc) is 3.21. The number of carboxylic acid groups (broad SMARTS) is 1. The summed E-state index contributed by atoms with van der Waals surface area (Å²) in [6, 6.07) is 0.886. The molecule has 0 aromatic heterocycles. The number of carbonyl (C=O) groups excluding carboxylic acids is 3. The van der Waals surface area contributed by atoms with Crippen molar-refractivity contribution in [3.05, 3.63) is 95.7 Å². The molecule has 0 saturated heterocycles. The molecule has 0 spiro atoms. The summed E-state index contributed by atoms with van der Waals surface area (Å²) < 4.78 is 8.80. The van der Waals surface area contributed by atoms with Crippen LogP contribution >= 0.6 is 0 Å². The first-order chi connectivity index (χ1) is 27.3. The van der Waals surface area contributed by atoms with Crippen LogP contribution in [0.3, 0.4) is 0 Å². The van der Waals surface area contributed by atoms with Crippen LogP contribution in [0.15, 0.2) is 95.7 Å². The molecule has 1 amide bonds. The Morgan fingerprint density at radius 2 is 0.931 bits per heavy atom. The topological polar surface area (TPSA) is 185 Å². The summed E-state index contributed by atoms with van der Waals surface area (Å²) in [6.07, 6.45) is 28.7. The van der Waals surface area contributed by atoms with Gasteiger partial charge in [-0.3, -0.25) is 14.4 Å². The van der Waals surface area contributed by atoms with Gasteiger partial charge < -0.3 is 31.8 Å². The number of rotatable bonds is 5. The number of nitrogens with two attached hydrogens (primary N) is 3. The van der Waals surface area contributed by atoms with Gasteiger partial charge in [0.15, 0.2) is 0 Å². The Bertz CT molecular complexity index is 1380. The zero-order valence-electron chi connectivity index (χ0n) is 37.3. The van der Waals surface area contributed by atoms with Gasteiger partial charge in [-0.05, 0) is 138 Å². The van der Waals surface area contributed by atoms with Crippen molar-refractivity contribution in [2.45, 2.75) is 150 Å². The van der Waals surface area contributed by atoms with Gasteiger partial charge in [0.05, 0.1) is 26.1 Å². The third-order valence-electron chi connectivity index (χ3n) is 10.3. The molecular weight excluding hydrogens is 731 g/mol. The van der Waals surface area contributed by atoms with Crippen molar-refractivity contribution in [1.29, 1.82) is 0 Å². The Labute approximate surface area is 351 Å². The lowest BCUT2D eigenvalue weighted by Gasteiger charge is -2.17. The highest BCUT2D eigenvalue weighted by Crippen LogP contribution is 2.25. The molecule has 0 aromatic carbocycles. The number of primary amides is 1. The van der Waals surface area contributed by atoms with E-state index in [1.54, 1.807) is 6.08 Å². The number of carbonyl (C=O) groups is 4. The normalized spacial score (nSPS) is 22.9. The molecule has 0 aromatic rings. The summed E-state index contributed by atoms with van der Waals surface area (Å²) in [6.45, 7) is 22.7. The Hall–Kier alpha value is -4.28. The summed E-state index contributed by atoms with van der Waals surface area (Å²) in [4.78, 5) is 41.9. The molecule has 10 nitrogen and oxygen atoms in total. The summed E-state index contributed by atoms with van der Waals surface area (Å²) >= 11 is 0. The maximum atomic E-state index is 11.0. The van der Waals surface area contributed by atoms with Crippen LogP contribution in [0.4, 0.5) is 0 Å². The van der Waals surface area contributed by atoms with Crippen molar-refractivity contribution < 1.29 is 33.8 Å². The Kier molecular flexibility index (Phi) is 32.4. The number of carboxylic acids is 1. The second kappa shape index (κ2) is 33.7. The van der Waals surface area contributed by atoms with E-state index in [0.29, 0.717) is 12.1 Å². The molecule has 0 heterocycles. The molecule has 58 heavy (non-hydrogen) atoms. The summed E-state index contributed by atoms with van der Waals surface area (Å²) in [5.74, 6) is -1.16. The number of hydrogen-bond donors (Lipinski definition) is 4. The van der Waals surface area contributed by atoms with Crippen molar-refractivity contribution >= 4 is 23.8 Å². The molecule has 5 aliphatic carbocycles. The lowest BCUT2D eigenvalue weighted by molar-refractivity contribution is -0.145. The SMILES string of the molecule is C=CC(=C)C.C=CC(=O)OC.CC1=CCC(C(=O)O)CC1.CC1=CCC(C(N)=O)CC1.CC1=CCC(N)CC1.CC1=CC[C@H](N)CC1.COC(=O)C1CC=C(C)CC1. The molecule has 5 aliphatic rings. The lowest BCUT2D eigenvalue weighted by atomic mass is 9.90. The molecule has 0 saturated carbocycles. The first kappa shape index (κ1) is 55.8. The second-order valence-electron chi connectivity index (χ2n) is 15.8. The maximum absolute atomic E-state index is 11.0. The Morgan fingerprint density at radius 3 is 1.12 bits per heavy atom. The zero-order chi connectivity index (χ0) is 44.6. The molecule has 0 fully saturated rings. The first-order valence-corrected chi connectivity index (χ1v) is 20.7. The highest BCUT2D eigenvalue weighted by atomic mass is 16.5. The monoisotopic (exact) mass is 810 g/mol. The second-order valence-corrected chi connectivity index (χ2v) is 15.8. The number of allylic oxidation sites excluding steroid dienone is 10. The van der Waals surface area contributed by atoms with Gasteiger partial charge in [-0.1, -0.05) is 89.6 Å². The predicted molar refractivity (Wildman–Crippen MR) is 241 cm³/mol. The van der Waals surface area contributed by atoms with Crippen molar-refractivity contribution in [3.8, 4) is 0 Å². The molecule has 7 N–H and O–H groups in total. The lowest BCUT2D eigenvalue weighted by Crippen LogP contribution is -2.24. The first-order valence-electron chi connectivity index (χ1n) is 20.7. The van der Waals surface area contributed by atoms with Crippen LogP contribution in [0.25, 0.3) is 0 Å². The van der Waals surface area contributed by atoms with Gasteiger partial charge >= 0.3 is 17.9 Å². The van der Waals surface area contributed by atoms with E-state index in [1.807, 2.05) is 13.0 Å². The van der Waals surface area contributed by atoms with Crippen molar-refractivity contribution in [1.82, 2.24) is 0 Å². The molecule has 10 heteroatoms. The fourth-order valence-corrected chi connectivity index (χ4v) is 5.81. The molecule has 0 aliphatic heterocycles. The minimum atomic E-state index is -0.649. The van der Waals surface area contributed by atoms with E-state index in [9.17, 15) is 19.2 Å². The van der Waals surface area contributed by atoms with Crippen LogP contribution in [0.5, 0.6) is 0 Å². The molecule has 5 rings (SSSR count). The molecule has 328 valence electrons. The van der Waals surface area contributed by atoms with Crippen LogP contribution in [0.1, 0.15) is 138 Å². The average molecular weight is 810 g/mol. The van der Waals surface area contributed by atoms with Crippen LogP contribution in [0.2, 0.25) is 0 Å². The minimum Gasteiger partial charge on any atom is -0.481 e. The van der Waals surface area contributed by atoms with E-state index in [-0.39, 0.29) is 29.6 Å². The van der Waals surface area contributed by atoms with Crippen molar-refractivity contribution in [2.75, 3.05) is 14.2 Å². The number of amides is 1. The fourth-order valence-electron chi connectivity index (χ4n) is 5.81. The van der Waals surface area contributed by atoms with Gasteiger partial charge in [0.25, 0.3) is 0 Å². The predicted octanol–water partition coefficient (Wildman–Crippen LogP) is 9.92. The smallest absolute Gasteiger partial charge is 0.329 e. The van der Waals surface area contributed by atoms with Crippen LogP contribution < -0.4 is 17.2 Å². The molecule has 5 atom stereocenters. The van der Waals surface area contributed by atoms with Crippen LogP contribution in [0, 0.1) is 17.8 Å². The van der Waals surface area contributed by atoms with E-state index >= 15 is 0 Å². The summed E-state index contributed by atoms with van der Waals surface area (Å²) in [7, 11) is 2.76. The maximum Gasteiger partial charge on any atom is 0.329 e. The highest BCUT2D eigenvalue weighted by molar-refractivity contribution is 5.81. The minimum absolute atomic E-state index is 0.0613. The van der Waals surface area contributed by atoms with Gasteiger partial charge in [-0.2, -0.15) is 0 Å². The zero-order valence-corrected chi connectivity index (χ0v) is 37.3. The number of hydrogen-bond acceptors (Lipinski definition) is 8. The summed E-state index contributed by atoms with van der Waals surface area (Å²) in [5, 5.41) is 8.60. The van der Waals surface area contributed by atoms with Crippen molar-refractivity contribution in [2.24, 2.45) is 35.0 Å². The van der Waals surface area contributed by atoms with E-state index in [0.717, 1.165) is 82.3 Å². The van der Waals surface area contributed by atoms with Crippen LogP contribution in [-0.4, -0.2) is 55.2 Å². The Morgan fingerprint density at radius 1 is 0.603 bits per heavy atom. The third kappa shape index (κ3) is 30.8. The Balaban J connectivity index is 0. The van der Waals surface area contributed by atoms with Crippen LogP contribution in [-0.2, 0) is 28.7 Å². The van der Waals surface area contributed by atoms with Gasteiger partial charge in [-0.15, -0.1) is 0 Å². The van der Waals surface area contributed by atoms with Gasteiger partial charge in [0.2, 0.25) is 5.91 Å². The largest absolute Gasteiger partial charge is 0.481 e. The van der Waals surface area contributed by atoms with E-state index in [4.69, 9.17) is 22.3 Å². The van der Waals surface area contributed by atoms with E-state index in [2.05, 4.69) is 88.1 Å². The van der Waals surface area contributed by atoms with Crippen molar-refractivity contribution in [3.63, 3.8) is 0 Å². The quantitative estimate of drug-likeness (QED) is 0.0908. The standard InChI is InChI=1S/C9H14O2.C8H13NO.C8H12O2.2C7H13N.C5H8.C4H6O2/c1-7-3-5-8(6-4-7)9(10)11-2;2*1-6-2-4-7(5-3-6)8(9)10;2*1-6-2-4-7(8)5-3-6;1-4-5(2)3;1-3-4(5)6-2/h3,8H,4-6H2,1-2H3;2,7H,3-5H2,1H3,(H2,9,10);2,7H,3-5H2,1H3,(H,9,10);2*2,7H,3-5,8H2,1H3;4H,1-2H2,3H3;3H,1H2,2H3/t;;;7-;;;/m...0.../s1. The molecular formula is C48H79N3O7. The van der Waals surface area contributed by atoms with Gasteiger partial charge in [0.1, 0.15) is 0 Å². The summed E-state index contributed by atoms with van der Waals surface area (Å²) in [5.41, 5.74) is 24.6. The molecule has 0 radical (unpaired) electrons. The van der Waals surface area contributed by atoms with E-state index < -0.39 is 11.9 Å². The molecule has 4 unspecified atom stereocenters.